The zero-order valence-corrected chi connectivity index (χ0v) is 28.7. The second-order valence-corrected chi connectivity index (χ2v) is 10.9. The third-order valence-electron chi connectivity index (χ3n) is 6.81. The maximum Gasteiger partial charge on any atom is 0.302 e. The lowest BCUT2D eigenvalue weighted by molar-refractivity contribution is -0.142. The van der Waals surface area contributed by atoms with Gasteiger partial charge in [-0.3, -0.25) is 38.5 Å². The minimum Gasteiger partial charge on any atom is -0.461 e. The highest BCUT2D eigenvalue weighted by Crippen LogP contribution is 2.11. The van der Waals surface area contributed by atoms with E-state index in [1.54, 1.807) is 24.3 Å². The summed E-state index contributed by atoms with van der Waals surface area (Å²) in [6, 6.07) is 4.98. The molecular weight excluding hydrogens is 658 g/mol. The summed E-state index contributed by atoms with van der Waals surface area (Å²) in [5.41, 5.74) is 1.27. The molecule has 4 N–H and O–H groups in total. The molecule has 2 atom stereocenters. The van der Waals surface area contributed by atoms with Crippen LogP contribution in [0.1, 0.15) is 39.2 Å². The molecule has 1 aliphatic rings. The monoisotopic (exact) mass is 705 g/mol. The molecule has 17 nitrogen and oxygen atoms in total. The van der Waals surface area contributed by atoms with Gasteiger partial charge >= 0.3 is 5.97 Å². The molecular formula is C33H47N5O12. The SMILES string of the molecule is CC(=O)OCc1ccc(NC(=O)[C@H](C)NC(=O)C(C)NC(=O)CCOCCOCCOCCOCCNC(=O)CCN2C(=O)C=CC2=O)cc1. The number of nitrogens with zero attached hydrogens (tertiary/aromatic N) is 1. The van der Waals surface area contributed by atoms with Gasteiger partial charge in [-0.15, -0.1) is 0 Å². The van der Waals surface area contributed by atoms with Gasteiger partial charge in [0.15, 0.2) is 0 Å². The lowest BCUT2D eigenvalue weighted by atomic mass is 10.2. The van der Waals surface area contributed by atoms with Gasteiger partial charge in [-0.2, -0.15) is 0 Å². The fourth-order valence-electron chi connectivity index (χ4n) is 4.05. The first-order valence-electron chi connectivity index (χ1n) is 16.2. The summed E-state index contributed by atoms with van der Waals surface area (Å²) in [5, 5.41) is 10.5. The van der Waals surface area contributed by atoms with Crippen LogP contribution in [0.15, 0.2) is 36.4 Å². The van der Waals surface area contributed by atoms with Crippen LogP contribution in [0.2, 0.25) is 0 Å². The molecule has 1 heterocycles. The predicted octanol–water partition coefficient (Wildman–Crippen LogP) is -0.415. The van der Waals surface area contributed by atoms with Crippen LogP contribution in [-0.2, 0) is 63.9 Å². The minimum absolute atomic E-state index is 0.0216. The fourth-order valence-corrected chi connectivity index (χ4v) is 4.05. The number of carbonyl (C=O) groups is 7. The molecule has 0 saturated heterocycles. The molecule has 17 heteroatoms. The minimum atomic E-state index is -0.872. The molecule has 6 amide bonds. The highest BCUT2D eigenvalue weighted by Gasteiger charge is 2.23. The summed E-state index contributed by atoms with van der Waals surface area (Å²) in [7, 11) is 0. The number of hydrogen-bond donors (Lipinski definition) is 4. The average molecular weight is 706 g/mol. The number of ether oxygens (including phenoxy) is 5. The summed E-state index contributed by atoms with van der Waals surface area (Å²) >= 11 is 0. The van der Waals surface area contributed by atoms with Crippen molar-refractivity contribution in [3.05, 3.63) is 42.0 Å². The van der Waals surface area contributed by atoms with Crippen LogP contribution < -0.4 is 21.3 Å². The lowest BCUT2D eigenvalue weighted by Gasteiger charge is -2.18. The van der Waals surface area contributed by atoms with Crippen molar-refractivity contribution < 1.29 is 57.2 Å². The second-order valence-electron chi connectivity index (χ2n) is 10.9. The fraction of sp³-hybridized carbons (Fsp3) is 0.545. The third-order valence-corrected chi connectivity index (χ3v) is 6.81. The van der Waals surface area contributed by atoms with E-state index >= 15 is 0 Å². The Kier molecular flexibility index (Phi) is 19.6. The van der Waals surface area contributed by atoms with Gasteiger partial charge in [0.05, 0.1) is 52.9 Å². The maximum atomic E-state index is 12.5. The van der Waals surface area contributed by atoms with Crippen molar-refractivity contribution in [2.24, 2.45) is 0 Å². The van der Waals surface area contributed by atoms with Crippen molar-refractivity contribution in [2.45, 2.75) is 52.3 Å². The smallest absolute Gasteiger partial charge is 0.302 e. The third kappa shape index (κ3) is 17.6. The van der Waals surface area contributed by atoms with Gasteiger partial charge in [0.2, 0.25) is 23.6 Å². The van der Waals surface area contributed by atoms with E-state index in [1.165, 1.54) is 32.9 Å². The molecule has 0 saturated carbocycles. The van der Waals surface area contributed by atoms with E-state index in [-0.39, 0.29) is 64.2 Å². The van der Waals surface area contributed by atoms with Crippen molar-refractivity contribution in [2.75, 3.05) is 71.3 Å². The highest BCUT2D eigenvalue weighted by atomic mass is 16.6. The molecule has 0 aliphatic carbocycles. The van der Waals surface area contributed by atoms with Crippen molar-refractivity contribution in [1.82, 2.24) is 20.9 Å². The predicted molar refractivity (Wildman–Crippen MR) is 177 cm³/mol. The van der Waals surface area contributed by atoms with Gasteiger partial charge in [0, 0.05) is 50.7 Å². The first-order chi connectivity index (χ1) is 24.0. The molecule has 0 fully saturated rings. The van der Waals surface area contributed by atoms with E-state index in [9.17, 15) is 33.6 Å². The molecule has 0 radical (unpaired) electrons. The zero-order valence-electron chi connectivity index (χ0n) is 28.7. The summed E-state index contributed by atoms with van der Waals surface area (Å²) in [5.74, 6) is -2.87. The molecule has 1 aromatic rings. The number of esters is 1. The van der Waals surface area contributed by atoms with E-state index < -0.39 is 41.7 Å². The van der Waals surface area contributed by atoms with Gasteiger partial charge < -0.3 is 45.0 Å². The molecule has 0 spiro atoms. The van der Waals surface area contributed by atoms with Gasteiger partial charge in [-0.25, -0.2) is 0 Å². The second kappa shape index (κ2) is 23.6. The number of hydrogen-bond acceptors (Lipinski definition) is 12. The molecule has 0 aromatic heterocycles. The zero-order chi connectivity index (χ0) is 36.7. The topological polar surface area (TPSA) is 217 Å². The number of anilines is 1. The Morgan fingerprint density at radius 3 is 1.80 bits per heavy atom. The quantitative estimate of drug-likeness (QED) is 0.0580. The standard InChI is InChI=1S/C33H47N5O12/c1-23(32(44)36-24(2)33(45)37-27-6-4-26(5-7-27)22-50-25(3)39)35-29(41)11-14-46-16-18-48-20-21-49-19-17-47-15-12-34-28(40)10-13-38-30(42)8-9-31(38)43/h4-9,23-24H,10-22H2,1-3H3,(H,34,40)(H,35,41)(H,36,44)(H,37,45)/t23?,24-/m0/s1. The Morgan fingerprint density at radius 1 is 0.680 bits per heavy atom. The van der Waals surface area contributed by atoms with Crippen molar-refractivity contribution in [3.63, 3.8) is 0 Å². The summed E-state index contributed by atoms with van der Waals surface area (Å²) in [6.45, 7) is 7.13. The number of benzene rings is 1. The number of amides is 6. The maximum absolute atomic E-state index is 12.5. The molecule has 0 bridgehead atoms. The average Bonchev–Trinajstić information content (AvgIpc) is 3.40. The molecule has 276 valence electrons. The van der Waals surface area contributed by atoms with E-state index in [4.69, 9.17) is 23.7 Å². The van der Waals surface area contributed by atoms with Crippen LogP contribution in [0.5, 0.6) is 0 Å². The molecule has 2 rings (SSSR count). The van der Waals surface area contributed by atoms with Crippen molar-refractivity contribution >= 4 is 47.1 Å². The van der Waals surface area contributed by atoms with Gasteiger partial charge in [0.1, 0.15) is 18.7 Å². The van der Waals surface area contributed by atoms with Gasteiger partial charge in [-0.05, 0) is 31.5 Å². The van der Waals surface area contributed by atoms with E-state index in [2.05, 4.69) is 21.3 Å². The Balaban J connectivity index is 1.39. The molecule has 50 heavy (non-hydrogen) atoms. The Labute approximate surface area is 290 Å². The highest BCUT2D eigenvalue weighted by molar-refractivity contribution is 6.13. The van der Waals surface area contributed by atoms with Crippen LogP contribution in [0.3, 0.4) is 0 Å². The summed E-state index contributed by atoms with van der Waals surface area (Å²) in [4.78, 5) is 83.8. The van der Waals surface area contributed by atoms with Gasteiger partial charge in [0.25, 0.3) is 11.8 Å². The van der Waals surface area contributed by atoms with E-state index in [0.717, 1.165) is 10.5 Å². The molecule has 1 aromatic carbocycles. The van der Waals surface area contributed by atoms with Crippen LogP contribution in [-0.4, -0.2) is 124 Å². The Hall–Kier alpha value is -4.71. The molecule has 1 unspecified atom stereocenters. The first kappa shape index (κ1) is 41.5. The van der Waals surface area contributed by atoms with Crippen molar-refractivity contribution in [3.8, 4) is 0 Å². The van der Waals surface area contributed by atoms with Crippen molar-refractivity contribution in [1.29, 1.82) is 0 Å². The van der Waals surface area contributed by atoms with E-state index in [0.29, 0.717) is 38.7 Å². The lowest BCUT2D eigenvalue weighted by Crippen LogP contribution is -2.50. The number of imide groups is 1. The van der Waals surface area contributed by atoms with Crippen LogP contribution >= 0.6 is 0 Å². The van der Waals surface area contributed by atoms with Crippen LogP contribution in [0.25, 0.3) is 0 Å². The van der Waals surface area contributed by atoms with E-state index in [1.807, 2.05) is 0 Å². The number of rotatable bonds is 25. The summed E-state index contributed by atoms with van der Waals surface area (Å²) < 4.78 is 26.5. The van der Waals surface area contributed by atoms with Gasteiger partial charge in [-0.1, -0.05) is 12.1 Å². The summed E-state index contributed by atoms with van der Waals surface area (Å²) in [6.07, 6.45) is 2.40. The van der Waals surface area contributed by atoms with Crippen LogP contribution in [0, 0.1) is 0 Å². The number of nitrogens with one attached hydrogen (secondary N) is 4. The Bertz CT molecular complexity index is 1300. The largest absolute Gasteiger partial charge is 0.461 e. The Morgan fingerprint density at radius 2 is 1.22 bits per heavy atom. The number of carbonyl (C=O) groups excluding carboxylic acids is 7. The normalized spacial score (nSPS) is 13.5. The molecule has 1 aliphatic heterocycles. The van der Waals surface area contributed by atoms with Crippen LogP contribution in [0.4, 0.5) is 5.69 Å². The first-order valence-corrected chi connectivity index (χ1v) is 16.2.